The molecule has 5 fully saturated rings. The summed E-state index contributed by atoms with van der Waals surface area (Å²) in [6.45, 7) is 14.7. The molecule has 0 spiro atoms. The molecule has 11 rings (SSSR count). The van der Waals surface area contributed by atoms with Crippen molar-refractivity contribution in [3.05, 3.63) is 103 Å². The quantitative estimate of drug-likeness (QED) is 0.0810. The van der Waals surface area contributed by atoms with Gasteiger partial charge in [0.05, 0.1) is 35.3 Å². The monoisotopic (exact) mass is 1060 g/mol. The number of anilines is 4. The van der Waals surface area contributed by atoms with E-state index in [2.05, 4.69) is 50.4 Å². The molecule has 0 bridgehead atoms. The third-order valence-electron chi connectivity index (χ3n) is 16.9. The van der Waals surface area contributed by atoms with Gasteiger partial charge in [-0.15, -0.1) is 10.2 Å². The molecule has 1 saturated carbocycles. The van der Waals surface area contributed by atoms with E-state index in [4.69, 9.17) is 19.7 Å². The Bertz CT molecular complexity index is 2990. The van der Waals surface area contributed by atoms with Crippen molar-refractivity contribution in [2.45, 2.75) is 108 Å². The van der Waals surface area contributed by atoms with Crippen LogP contribution in [-0.4, -0.2) is 147 Å². The first-order chi connectivity index (χ1) is 37.9. The van der Waals surface area contributed by atoms with Gasteiger partial charge in [0.15, 0.2) is 17.4 Å². The first-order valence-corrected chi connectivity index (χ1v) is 28.2. The fourth-order valence-electron chi connectivity index (χ4n) is 12.2. The van der Waals surface area contributed by atoms with Crippen LogP contribution < -0.4 is 30.5 Å². The fourth-order valence-corrected chi connectivity index (χ4v) is 12.2. The topological polar surface area (TPSA) is 210 Å². The van der Waals surface area contributed by atoms with E-state index in [0.29, 0.717) is 47.6 Å². The van der Waals surface area contributed by atoms with E-state index in [9.17, 15) is 14.7 Å². The zero-order valence-corrected chi connectivity index (χ0v) is 45.5. The maximum atomic E-state index is 14.4. The summed E-state index contributed by atoms with van der Waals surface area (Å²) >= 11 is 0. The molecule has 3 atom stereocenters. The van der Waals surface area contributed by atoms with Crippen LogP contribution in [-0.2, 0) is 21.4 Å². The second-order valence-electron chi connectivity index (χ2n) is 22.4. The highest BCUT2D eigenvalue weighted by atomic mass is 16.5. The molecule has 5 aliphatic rings. The first-order valence-electron chi connectivity index (χ1n) is 28.2. The largest absolute Gasteiger partial charge is 0.507 e. The Morgan fingerprint density at radius 2 is 1.55 bits per heavy atom. The number of amides is 2. The van der Waals surface area contributed by atoms with E-state index in [1.165, 1.54) is 0 Å². The minimum absolute atomic E-state index is 0.0414. The maximum absolute atomic E-state index is 14.4. The molecular formula is C59H75N13O6. The molecular weight excluding hydrogens is 987 g/mol. The second kappa shape index (κ2) is 23.4. The Hall–Kier alpha value is -7.25. The number of rotatable bonds is 17. The summed E-state index contributed by atoms with van der Waals surface area (Å²) in [5, 5.41) is 30.8. The number of ether oxygens (including phenoxy) is 2. The number of nitrogens with zero attached hydrogens (tertiary/aromatic N) is 11. The van der Waals surface area contributed by atoms with Crippen LogP contribution in [0.1, 0.15) is 95.4 Å². The zero-order chi connectivity index (χ0) is 53.9. The van der Waals surface area contributed by atoms with E-state index in [1.54, 1.807) is 23.2 Å². The summed E-state index contributed by atoms with van der Waals surface area (Å²) in [5.41, 5.74) is 12.5. The number of hydrogen-bond donors (Lipinski definition) is 3. The van der Waals surface area contributed by atoms with Crippen molar-refractivity contribution < 1.29 is 28.7 Å². The number of nitrogens with two attached hydrogens (primary N) is 1. The summed E-state index contributed by atoms with van der Waals surface area (Å²) in [5.74, 6) is 2.35. The summed E-state index contributed by atoms with van der Waals surface area (Å²) in [6.07, 6.45) is 11.6. The molecule has 0 radical (unpaired) electrons. The number of aromatic hydroxyl groups is 1. The van der Waals surface area contributed by atoms with Crippen molar-refractivity contribution in [2.24, 2.45) is 18.9 Å². The van der Waals surface area contributed by atoms with E-state index >= 15 is 0 Å². The number of phenolic OH excluding ortho intramolecular Hbond substituents is 1. The van der Waals surface area contributed by atoms with E-state index in [-0.39, 0.29) is 47.8 Å². The SMILES string of the molecule is CC(C)[C@H](C(=O)N1CCC[C@H]1C(=O)N[C@@H](C)c1ccc(-c2ccnn2C)cc1)c1cc(N2CCC(CN3CCC(O[C@H]4C[C@H](Oc5cc(N6CCN(c7cc(-c8ccccc8O)nnc7N)CC6)ccn5)C4)CC3)CC2)no1. The van der Waals surface area contributed by atoms with Gasteiger partial charge < -0.3 is 54.7 Å². The smallest absolute Gasteiger partial charge is 0.243 e. The van der Waals surface area contributed by atoms with E-state index in [0.717, 1.165) is 138 Å². The molecule has 4 saturated heterocycles. The van der Waals surface area contributed by atoms with Crippen molar-refractivity contribution in [1.82, 2.24) is 45.2 Å². The van der Waals surface area contributed by atoms with Gasteiger partial charge in [-0.3, -0.25) is 14.3 Å². The number of carbonyl (C=O) groups excluding carboxylic acids is 2. The molecule has 78 heavy (non-hydrogen) atoms. The number of piperidine rings is 2. The molecule has 8 heterocycles. The van der Waals surface area contributed by atoms with Crippen LogP contribution in [0.5, 0.6) is 11.6 Å². The molecule has 4 aliphatic heterocycles. The second-order valence-corrected chi connectivity index (χ2v) is 22.4. The predicted octanol–water partition coefficient (Wildman–Crippen LogP) is 7.46. The van der Waals surface area contributed by atoms with Crippen molar-refractivity contribution in [1.29, 1.82) is 0 Å². The number of hydrogen-bond acceptors (Lipinski definition) is 16. The van der Waals surface area contributed by atoms with Gasteiger partial charge in [0.2, 0.25) is 17.7 Å². The number of likely N-dealkylation sites (tertiary alicyclic amines) is 2. The Morgan fingerprint density at radius 1 is 0.795 bits per heavy atom. The normalized spacial score (nSPS) is 21.4. The fraction of sp³-hybridized carbons (Fsp3) is 0.508. The summed E-state index contributed by atoms with van der Waals surface area (Å²) in [7, 11) is 1.92. The summed E-state index contributed by atoms with van der Waals surface area (Å²) in [4.78, 5) is 43.9. The minimum Gasteiger partial charge on any atom is -0.507 e. The Labute approximate surface area is 457 Å². The van der Waals surface area contributed by atoms with Crippen molar-refractivity contribution in [3.63, 3.8) is 0 Å². The molecule has 6 aromatic rings. The van der Waals surface area contributed by atoms with Crippen LogP contribution in [0.4, 0.5) is 23.0 Å². The highest BCUT2D eigenvalue weighted by molar-refractivity contribution is 5.91. The summed E-state index contributed by atoms with van der Waals surface area (Å²) < 4.78 is 20.8. The van der Waals surface area contributed by atoms with Gasteiger partial charge in [-0.05, 0) is 98.7 Å². The number of nitrogens with one attached hydrogen (secondary N) is 1. The molecule has 2 amide bonds. The number of aryl methyl sites for hydroxylation is 1. The average molecular weight is 1060 g/mol. The molecule has 19 nitrogen and oxygen atoms in total. The highest BCUT2D eigenvalue weighted by Gasteiger charge is 2.41. The average Bonchev–Trinajstić information content (AvgIpc) is 4.29. The van der Waals surface area contributed by atoms with Gasteiger partial charge in [0.1, 0.15) is 23.8 Å². The van der Waals surface area contributed by atoms with Crippen molar-refractivity contribution >= 4 is 34.8 Å². The van der Waals surface area contributed by atoms with Crippen molar-refractivity contribution in [2.75, 3.05) is 85.9 Å². The minimum atomic E-state index is -0.533. The third kappa shape index (κ3) is 11.8. The standard InChI is InChI=1S/C59H75N13O6/c1-38(2)56(59(75)72-23-7-9-50(72)58(74)63-39(3)41-11-13-42(14-12-41)49-16-22-62-67(49)4)53-36-54(66-78-53)71-26-17-40(18-27-71)37-68-24-19-44(20-25-68)76-45-33-46(34-45)77-55-32-43(15-21-61-55)69-28-30-70(31-29-69)51-35-48(64-65-57(51)60)47-8-5-6-10-52(47)73/h5-6,8,10-16,21-22,32,35-36,38-40,44-46,50,56,73H,7,9,17-20,23-31,33-34,37H2,1-4H3,(H2,60,65)(H,63,74)/t39-,45-,46-,50-,56-/m0/s1. The van der Waals surface area contributed by atoms with Gasteiger partial charge in [0, 0.05) is 121 Å². The summed E-state index contributed by atoms with van der Waals surface area (Å²) in [6, 6.07) is 24.5. The van der Waals surface area contributed by atoms with Crippen LogP contribution >= 0.6 is 0 Å². The lowest BCUT2D eigenvalue weighted by atomic mass is 9.91. The number of benzene rings is 2. The van der Waals surface area contributed by atoms with Crippen LogP contribution in [0.15, 0.2) is 95.8 Å². The van der Waals surface area contributed by atoms with Gasteiger partial charge in [-0.25, -0.2) is 4.98 Å². The van der Waals surface area contributed by atoms with Gasteiger partial charge in [-0.2, -0.15) is 5.10 Å². The maximum Gasteiger partial charge on any atom is 0.243 e. The number of carbonyl (C=O) groups is 2. The molecule has 4 N–H and O–H groups in total. The number of phenols is 1. The van der Waals surface area contributed by atoms with Gasteiger partial charge >= 0.3 is 0 Å². The number of piperazine rings is 1. The Balaban J connectivity index is 0.584. The molecule has 412 valence electrons. The van der Waals surface area contributed by atoms with Crippen LogP contribution in [0.25, 0.3) is 22.5 Å². The highest BCUT2D eigenvalue weighted by Crippen LogP contribution is 2.37. The lowest BCUT2D eigenvalue weighted by molar-refractivity contribution is -0.141. The van der Waals surface area contributed by atoms with Gasteiger partial charge in [0.25, 0.3) is 0 Å². The molecule has 0 unspecified atom stereocenters. The third-order valence-corrected chi connectivity index (χ3v) is 16.9. The van der Waals surface area contributed by atoms with E-state index in [1.807, 2.05) is 105 Å². The lowest BCUT2D eigenvalue weighted by Crippen LogP contribution is -2.48. The van der Waals surface area contributed by atoms with Gasteiger partial charge in [-0.1, -0.05) is 55.4 Å². The molecule has 4 aromatic heterocycles. The van der Waals surface area contributed by atoms with Crippen LogP contribution in [0.3, 0.4) is 0 Å². The van der Waals surface area contributed by atoms with Crippen LogP contribution in [0, 0.1) is 11.8 Å². The Morgan fingerprint density at radius 3 is 2.28 bits per heavy atom. The number of pyridine rings is 1. The van der Waals surface area contributed by atoms with E-state index < -0.39 is 12.0 Å². The zero-order valence-electron chi connectivity index (χ0n) is 45.5. The number of aromatic nitrogens is 6. The first kappa shape index (κ1) is 52.8. The predicted molar refractivity (Wildman–Crippen MR) is 299 cm³/mol. The van der Waals surface area contributed by atoms with Crippen LogP contribution in [0.2, 0.25) is 0 Å². The Kier molecular flexibility index (Phi) is 15.8. The van der Waals surface area contributed by atoms with Crippen molar-refractivity contribution in [3.8, 4) is 34.1 Å². The molecule has 19 heteroatoms. The molecule has 2 aromatic carbocycles. The molecule has 1 aliphatic carbocycles. The number of para-hydroxylation sites is 1. The number of nitrogen functional groups attached to an aromatic ring is 1. The lowest BCUT2D eigenvalue weighted by Gasteiger charge is -2.41.